The summed E-state index contributed by atoms with van der Waals surface area (Å²) in [4.78, 5) is 26.7. The number of carbonyl (C=O) groups excluding carboxylic acids is 2. The van der Waals surface area contributed by atoms with Gasteiger partial charge in [-0.3, -0.25) is 9.59 Å². The second kappa shape index (κ2) is 8.13. The van der Waals surface area contributed by atoms with Crippen molar-refractivity contribution < 1.29 is 14.1 Å². The van der Waals surface area contributed by atoms with Crippen LogP contribution in [0.25, 0.3) is 0 Å². The molecule has 0 bridgehead atoms. The van der Waals surface area contributed by atoms with Crippen molar-refractivity contribution in [2.24, 2.45) is 5.92 Å². The van der Waals surface area contributed by atoms with E-state index < -0.39 is 0 Å². The van der Waals surface area contributed by atoms with Crippen molar-refractivity contribution in [3.63, 3.8) is 0 Å². The van der Waals surface area contributed by atoms with Gasteiger partial charge in [-0.05, 0) is 32.6 Å². The predicted molar refractivity (Wildman–Crippen MR) is 87.9 cm³/mol. The fourth-order valence-electron chi connectivity index (χ4n) is 2.72. The van der Waals surface area contributed by atoms with E-state index in [4.69, 9.17) is 4.52 Å². The number of anilines is 1. The molecule has 6 heteroatoms. The predicted octanol–water partition coefficient (Wildman–Crippen LogP) is 3.13. The van der Waals surface area contributed by atoms with E-state index in [-0.39, 0.29) is 30.3 Å². The van der Waals surface area contributed by atoms with Crippen molar-refractivity contribution in [3.05, 3.63) is 11.8 Å². The van der Waals surface area contributed by atoms with Crippen LogP contribution in [-0.4, -0.2) is 34.5 Å². The van der Waals surface area contributed by atoms with E-state index in [1.807, 2.05) is 6.92 Å². The van der Waals surface area contributed by atoms with Crippen LogP contribution in [0, 0.1) is 12.8 Å². The van der Waals surface area contributed by atoms with Crippen molar-refractivity contribution in [2.75, 3.05) is 11.9 Å². The Morgan fingerprint density at radius 3 is 2.70 bits per heavy atom. The molecule has 1 fully saturated rings. The van der Waals surface area contributed by atoms with Gasteiger partial charge in [0.2, 0.25) is 11.8 Å². The highest BCUT2D eigenvalue weighted by Gasteiger charge is 2.36. The summed E-state index contributed by atoms with van der Waals surface area (Å²) >= 11 is 0. The minimum absolute atomic E-state index is 0.0256. The Kier molecular flexibility index (Phi) is 6.19. The van der Waals surface area contributed by atoms with Crippen LogP contribution in [-0.2, 0) is 9.59 Å². The largest absolute Gasteiger partial charge is 0.360 e. The van der Waals surface area contributed by atoms with E-state index in [9.17, 15) is 9.59 Å². The molecule has 0 aromatic carbocycles. The number of hydrogen-bond acceptors (Lipinski definition) is 4. The van der Waals surface area contributed by atoms with Crippen molar-refractivity contribution in [2.45, 2.75) is 65.3 Å². The fourth-order valence-corrected chi connectivity index (χ4v) is 2.72. The number of nitrogens with one attached hydrogen (secondary N) is 1. The topological polar surface area (TPSA) is 75.4 Å². The number of rotatable bonds is 9. The fraction of sp³-hybridized carbons (Fsp3) is 0.706. The number of hydrogen-bond donors (Lipinski definition) is 1. The van der Waals surface area contributed by atoms with Gasteiger partial charge in [-0.1, -0.05) is 31.8 Å². The first-order valence-electron chi connectivity index (χ1n) is 8.58. The molecule has 2 rings (SSSR count). The normalized spacial score (nSPS) is 15.3. The highest BCUT2D eigenvalue weighted by Crippen LogP contribution is 2.29. The van der Waals surface area contributed by atoms with Gasteiger partial charge in [0.05, 0.1) is 0 Å². The molecule has 1 unspecified atom stereocenters. The molecule has 23 heavy (non-hydrogen) atoms. The SMILES string of the molecule is CCCCC(CC)C(=O)N(CC(=O)Nc1cc(C)on1)C1CC1. The van der Waals surface area contributed by atoms with Crippen LogP contribution in [0.2, 0.25) is 0 Å². The molecule has 2 amide bonds. The molecular weight excluding hydrogens is 294 g/mol. The van der Waals surface area contributed by atoms with E-state index in [0.29, 0.717) is 11.6 Å². The van der Waals surface area contributed by atoms with Crippen LogP contribution in [0.3, 0.4) is 0 Å². The lowest BCUT2D eigenvalue weighted by Crippen LogP contribution is -2.42. The Hall–Kier alpha value is -1.85. The Morgan fingerprint density at radius 2 is 2.17 bits per heavy atom. The second-order valence-corrected chi connectivity index (χ2v) is 6.32. The van der Waals surface area contributed by atoms with Gasteiger partial charge in [0.25, 0.3) is 0 Å². The average molecular weight is 321 g/mol. The Morgan fingerprint density at radius 1 is 1.43 bits per heavy atom. The van der Waals surface area contributed by atoms with Gasteiger partial charge >= 0.3 is 0 Å². The number of aromatic nitrogens is 1. The van der Waals surface area contributed by atoms with Gasteiger partial charge in [-0.15, -0.1) is 0 Å². The third kappa shape index (κ3) is 5.08. The van der Waals surface area contributed by atoms with E-state index in [1.54, 1.807) is 17.9 Å². The molecule has 1 N–H and O–H groups in total. The number of unbranched alkanes of at least 4 members (excludes halogenated alkanes) is 1. The summed E-state index contributed by atoms with van der Waals surface area (Å²) in [7, 11) is 0. The lowest BCUT2D eigenvalue weighted by atomic mass is 9.97. The highest BCUT2D eigenvalue weighted by atomic mass is 16.5. The Balaban J connectivity index is 1.94. The summed E-state index contributed by atoms with van der Waals surface area (Å²) in [5.74, 6) is 0.964. The third-order valence-corrected chi connectivity index (χ3v) is 4.23. The molecule has 1 heterocycles. The van der Waals surface area contributed by atoms with Gasteiger partial charge in [-0.25, -0.2) is 0 Å². The summed E-state index contributed by atoms with van der Waals surface area (Å²) in [5.41, 5.74) is 0. The van der Waals surface area contributed by atoms with Crippen LogP contribution >= 0.6 is 0 Å². The van der Waals surface area contributed by atoms with Crippen LogP contribution in [0.5, 0.6) is 0 Å². The first-order valence-corrected chi connectivity index (χ1v) is 8.58. The van der Waals surface area contributed by atoms with Gasteiger partial charge in [0.1, 0.15) is 12.3 Å². The molecule has 1 aromatic heterocycles. The molecule has 0 saturated heterocycles. The summed E-state index contributed by atoms with van der Waals surface area (Å²) in [6, 6.07) is 1.89. The zero-order chi connectivity index (χ0) is 16.8. The number of carbonyl (C=O) groups is 2. The van der Waals surface area contributed by atoms with Crippen LogP contribution in [0.4, 0.5) is 5.82 Å². The van der Waals surface area contributed by atoms with Crippen LogP contribution in [0.15, 0.2) is 10.6 Å². The molecule has 1 atom stereocenters. The molecule has 0 aliphatic heterocycles. The van der Waals surface area contributed by atoms with Crippen LogP contribution < -0.4 is 5.32 Å². The number of amides is 2. The molecule has 1 aliphatic rings. The standard InChI is InChI=1S/C17H27N3O3/c1-4-6-7-13(5-2)17(22)20(14-8-9-14)11-16(21)18-15-10-12(3)23-19-15/h10,13-14H,4-9,11H2,1-3H3,(H,18,19,21). The van der Waals surface area contributed by atoms with Crippen molar-refractivity contribution in [1.82, 2.24) is 10.1 Å². The van der Waals surface area contributed by atoms with Crippen LogP contribution in [0.1, 0.15) is 58.1 Å². The summed E-state index contributed by atoms with van der Waals surface area (Å²) in [6.45, 7) is 6.03. The molecular formula is C17H27N3O3. The van der Waals surface area contributed by atoms with Gasteiger partial charge < -0.3 is 14.7 Å². The monoisotopic (exact) mass is 321 g/mol. The van der Waals surface area contributed by atoms with Crippen molar-refractivity contribution >= 4 is 17.6 Å². The van der Waals surface area contributed by atoms with Gasteiger partial charge in [0.15, 0.2) is 5.82 Å². The molecule has 1 saturated carbocycles. The summed E-state index contributed by atoms with van der Waals surface area (Å²) < 4.78 is 4.93. The lowest BCUT2D eigenvalue weighted by Gasteiger charge is -2.26. The molecule has 6 nitrogen and oxygen atoms in total. The number of nitrogens with zero attached hydrogens (tertiary/aromatic N) is 2. The van der Waals surface area contributed by atoms with Gasteiger partial charge in [0, 0.05) is 18.0 Å². The van der Waals surface area contributed by atoms with E-state index in [1.165, 1.54) is 0 Å². The summed E-state index contributed by atoms with van der Waals surface area (Å²) in [5, 5.41) is 6.44. The lowest BCUT2D eigenvalue weighted by molar-refractivity contribution is -0.139. The first kappa shape index (κ1) is 17.5. The number of aryl methyl sites for hydroxylation is 1. The molecule has 0 radical (unpaired) electrons. The molecule has 1 aliphatic carbocycles. The van der Waals surface area contributed by atoms with E-state index in [2.05, 4.69) is 17.4 Å². The third-order valence-electron chi connectivity index (χ3n) is 4.23. The highest BCUT2D eigenvalue weighted by molar-refractivity contribution is 5.94. The zero-order valence-corrected chi connectivity index (χ0v) is 14.3. The van der Waals surface area contributed by atoms with E-state index >= 15 is 0 Å². The Bertz CT molecular complexity index is 537. The maximum Gasteiger partial charge on any atom is 0.245 e. The maximum absolute atomic E-state index is 12.8. The summed E-state index contributed by atoms with van der Waals surface area (Å²) in [6.07, 6.45) is 5.84. The van der Waals surface area contributed by atoms with E-state index in [0.717, 1.165) is 38.5 Å². The first-order chi connectivity index (χ1) is 11.0. The van der Waals surface area contributed by atoms with Gasteiger partial charge in [-0.2, -0.15) is 0 Å². The second-order valence-electron chi connectivity index (χ2n) is 6.32. The van der Waals surface area contributed by atoms with Crippen molar-refractivity contribution in [1.29, 1.82) is 0 Å². The molecule has 128 valence electrons. The average Bonchev–Trinajstić information content (AvgIpc) is 3.28. The minimum atomic E-state index is -0.219. The minimum Gasteiger partial charge on any atom is -0.360 e. The quantitative estimate of drug-likeness (QED) is 0.758. The maximum atomic E-state index is 12.8. The molecule has 0 spiro atoms. The zero-order valence-electron chi connectivity index (χ0n) is 14.3. The smallest absolute Gasteiger partial charge is 0.245 e. The Labute approximate surface area is 137 Å². The molecule has 1 aromatic rings. The van der Waals surface area contributed by atoms with Crippen molar-refractivity contribution in [3.8, 4) is 0 Å².